The molecule has 6 heteroatoms. The topological polar surface area (TPSA) is 65.1 Å². The fraction of sp³-hybridized carbons (Fsp3) is 0.154. The van der Waals surface area contributed by atoms with Crippen LogP contribution >= 0.6 is 11.6 Å². The first kappa shape index (κ1) is 13.3. The lowest BCUT2D eigenvalue weighted by Crippen LogP contribution is -2.11. The Morgan fingerprint density at radius 1 is 1.26 bits per heavy atom. The van der Waals surface area contributed by atoms with Gasteiger partial charge >= 0.3 is 0 Å². The summed E-state index contributed by atoms with van der Waals surface area (Å²) in [5.41, 5.74) is 1.04. The van der Waals surface area contributed by atoms with Gasteiger partial charge in [0.2, 0.25) is 0 Å². The van der Waals surface area contributed by atoms with E-state index in [1.165, 1.54) is 6.07 Å². The molecule has 0 radical (unpaired) electrons. The summed E-state index contributed by atoms with van der Waals surface area (Å²) in [7, 11) is 0. The van der Waals surface area contributed by atoms with Crippen molar-refractivity contribution in [3.63, 3.8) is 0 Å². The predicted molar refractivity (Wildman–Crippen MR) is 71.7 cm³/mol. The minimum Gasteiger partial charge on any atom is -0.340 e. The van der Waals surface area contributed by atoms with E-state index in [-0.39, 0.29) is 23.9 Å². The zero-order chi connectivity index (χ0) is 13.8. The van der Waals surface area contributed by atoms with E-state index in [1.54, 1.807) is 41.1 Å². The minimum atomic E-state index is -0.429. The van der Waals surface area contributed by atoms with E-state index in [1.807, 2.05) is 0 Å². The monoisotopic (exact) mass is 278 g/mol. The lowest BCUT2D eigenvalue weighted by molar-refractivity contribution is -0.385. The summed E-state index contributed by atoms with van der Waals surface area (Å²) >= 11 is 5.53. The normalized spacial score (nSPS) is 10.4. The van der Waals surface area contributed by atoms with Gasteiger partial charge in [-0.3, -0.25) is 14.9 Å². The van der Waals surface area contributed by atoms with Crippen LogP contribution in [0, 0.1) is 10.1 Å². The summed E-state index contributed by atoms with van der Waals surface area (Å²) < 4.78 is 1.66. The Kier molecular flexibility index (Phi) is 3.97. The van der Waals surface area contributed by atoms with Crippen LogP contribution in [0.25, 0.3) is 0 Å². The molecule has 0 amide bonds. The van der Waals surface area contributed by atoms with Gasteiger partial charge < -0.3 is 4.57 Å². The third-order valence-corrected chi connectivity index (χ3v) is 3.01. The van der Waals surface area contributed by atoms with Crippen molar-refractivity contribution in [1.29, 1.82) is 0 Å². The lowest BCUT2D eigenvalue weighted by atomic mass is 10.1. The predicted octanol–water partition coefficient (Wildman–Crippen LogP) is 2.87. The molecule has 0 unspecified atom stereocenters. The average Bonchev–Trinajstić information content (AvgIpc) is 2.86. The van der Waals surface area contributed by atoms with Crippen molar-refractivity contribution in [2.75, 3.05) is 5.88 Å². The second kappa shape index (κ2) is 5.67. The number of Topliss-reactive ketones (excluding diaryl/α,β-unsaturated/α-hetero) is 1. The largest absolute Gasteiger partial charge is 0.340 e. The van der Waals surface area contributed by atoms with Gasteiger partial charge in [0.15, 0.2) is 5.78 Å². The Balaban J connectivity index is 2.35. The van der Waals surface area contributed by atoms with Gasteiger partial charge in [0.05, 0.1) is 23.0 Å². The van der Waals surface area contributed by atoms with Crippen molar-refractivity contribution in [3.8, 4) is 0 Å². The molecule has 0 aliphatic rings. The Morgan fingerprint density at radius 3 is 2.68 bits per heavy atom. The van der Waals surface area contributed by atoms with Crippen molar-refractivity contribution < 1.29 is 9.72 Å². The van der Waals surface area contributed by atoms with Crippen molar-refractivity contribution >= 4 is 23.1 Å². The highest BCUT2D eigenvalue weighted by molar-refractivity contribution is 6.30. The number of hydrogen-bond donors (Lipinski definition) is 0. The molecule has 0 saturated heterocycles. The first-order chi connectivity index (χ1) is 9.13. The van der Waals surface area contributed by atoms with E-state index in [9.17, 15) is 14.9 Å². The molecule has 0 spiro atoms. The molecule has 1 heterocycles. The first-order valence-electron chi connectivity index (χ1n) is 5.60. The van der Waals surface area contributed by atoms with E-state index in [4.69, 9.17) is 11.6 Å². The summed E-state index contributed by atoms with van der Waals surface area (Å²) in [4.78, 5) is 22.1. The number of benzene rings is 1. The van der Waals surface area contributed by atoms with Gasteiger partial charge in [0, 0.05) is 17.8 Å². The highest BCUT2D eigenvalue weighted by atomic mass is 35.5. The number of aromatic nitrogens is 1. The van der Waals surface area contributed by atoms with Crippen molar-refractivity contribution in [3.05, 3.63) is 64.0 Å². The number of nitro benzene ring substituents is 1. The molecule has 0 atom stereocenters. The number of hydrogen-bond acceptors (Lipinski definition) is 3. The third-order valence-electron chi connectivity index (χ3n) is 2.77. The molecule has 1 aromatic heterocycles. The Bertz CT molecular complexity index is 622. The van der Waals surface area contributed by atoms with Crippen molar-refractivity contribution in [1.82, 2.24) is 4.57 Å². The molecular weight excluding hydrogens is 268 g/mol. The number of carbonyl (C=O) groups is 1. The Morgan fingerprint density at radius 2 is 2.00 bits per heavy atom. The number of ketones is 1. The molecule has 1 aromatic carbocycles. The van der Waals surface area contributed by atoms with Crippen LogP contribution in [-0.4, -0.2) is 21.2 Å². The van der Waals surface area contributed by atoms with Crippen LogP contribution in [0.2, 0.25) is 0 Å². The molecule has 2 rings (SSSR count). The summed E-state index contributed by atoms with van der Waals surface area (Å²) in [5.74, 6) is -0.314. The number of nitro groups is 1. The van der Waals surface area contributed by atoms with E-state index in [0.29, 0.717) is 11.3 Å². The summed E-state index contributed by atoms with van der Waals surface area (Å²) in [6.45, 7) is 0.266. The fourth-order valence-corrected chi connectivity index (χ4v) is 2.02. The highest BCUT2D eigenvalue weighted by Crippen LogP contribution is 2.19. The van der Waals surface area contributed by atoms with Gasteiger partial charge in [-0.25, -0.2) is 0 Å². The molecule has 5 nitrogen and oxygen atoms in total. The average molecular weight is 279 g/mol. The molecule has 0 aliphatic heterocycles. The smallest absolute Gasteiger partial charge is 0.274 e. The Labute approximate surface area is 114 Å². The highest BCUT2D eigenvalue weighted by Gasteiger charge is 2.15. The molecular formula is C13H11ClN2O3. The quantitative estimate of drug-likeness (QED) is 0.366. The second-order valence-electron chi connectivity index (χ2n) is 3.96. The summed E-state index contributed by atoms with van der Waals surface area (Å²) in [6.07, 6.45) is 1.70. The Hall–Kier alpha value is -2.14. The van der Waals surface area contributed by atoms with Crippen LogP contribution in [0.3, 0.4) is 0 Å². The molecule has 0 aliphatic carbocycles. The number of nitrogens with zero attached hydrogens (tertiary/aromatic N) is 2. The molecule has 0 N–H and O–H groups in total. The molecule has 0 bridgehead atoms. The van der Waals surface area contributed by atoms with Crippen LogP contribution in [-0.2, 0) is 6.54 Å². The molecule has 0 fully saturated rings. The van der Waals surface area contributed by atoms with E-state index in [2.05, 4.69) is 0 Å². The van der Waals surface area contributed by atoms with Crippen molar-refractivity contribution in [2.45, 2.75) is 6.54 Å². The SMILES string of the molecule is O=C(CCl)c1cccn1Cc1ccccc1[N+](=O)[O-]. The lowest BCUT2D eigenvalue weighted by Gasteiger charge is -2.08. The van der Waals surface area contributed by atoms with E-state index < -0.39 is 4.92 Å². The van der Waals surface area contributed by atoms with Crippen molar-refractivity contribution in [2.24, 2.45) is 0 Å². The van der Waals surface area contributed by atoms with Crippen LogP contribution in [0.15, 0.2) is 42.6 Å². The zero-order valence-electron chi connectivity index (χ0n) is 9.95. The third kappa shape index (κ3) is 2.82. The van der Waals surface area contributed by atoms with Gasteiger partial charge in [-0.2, -0.15) is 0 Å². The maximum absolute atomic E-state index is 11.6. The van der Waals surface area contributed by atoms with Gasteiger partial charge in [-0.15, -0.1) is 11.6 Å². The van der Waals surface area contributed by atoms with Gasteiger partial charge in [0.1, 0.15) is 0 Å². The molecule has 98 valence electrons. The van der Waals surface area contributed by atoms with Crippen LogP contribution in [0.5, 0.6) is 0 Å². The zero-order valence-corrected chi connectivity index (χ0v) is 10.7. The second-order valence-corrected chi connectivity index (χ2v) is 4.23. The summed E-state index contributed by atoms with van der Waals surface area (Å²) in [6, 6.07) is 9.83. The van der Waals surface area contributed by atoms with Crippen LogP contribution in [0.4, 0.5) is 5.69 Å². The minimum absolute atomic E-state index is 0.0421. The molecule has 2 aromatic rings. The standard InChI is InChI=1S/C13H11ClN2O3/c14-8-13(17)12-6-3-7-15(12)9-10-4-1-2-5-11(10)16(18)19/h1-7H,8-9H2. The number of rotatable bonds is 5. The van der Waals surface area contributed by atoms with Crippen LogP contribution < -0.4 is 0 Å². The van der Waals surface area contributed by atoms with Gasteiger partial charge in [-0.05, 0) is 12.1 Å². The molecule has 19 heavy (non-hydrogen) atoms. The summed E-state index contributed by atoms with van der Waals surface area (Å²) in [5, 5.41) is 10.9. The van der Waals surface area contributed by atoms with E-state index in [0.717, 1.165) is 0 Å². The number of alkyl halides is 1. The number of carbonyl (C=O) groups excluding carboxylic acids is 1. The molecule has 0 saturated carbocycles. The van der Waals surface area contributed by atoms with E-state index >= 15 is 0 Å². The fourth-order valence-electron chi connectivity index (χ4n) is 1.88. The van der Waals surface area contributed by atoms with Gasteiger partial charge in [0.25, 0.3) is 5.69 Å². The van der Waals surface area contributed by atoms with Crippen LogP contribution in [0.1, 0.15) is 16.1 Å². The maximum atomic E-state index is 11.6. The maximum Gasteiger partial charge on any atom is 0.274 e. The van der Waals surface area contributed by atoms with Gasteiger partial charge in [-0.1, -0.05) is 18.2 Å². The first-order valence-corrected chi connectivity index (χ1v) is 6.13. The number of para-hydroxylation sites is 1. The number of halogens is 1.